The molecule has 0 rings (SSSR count). The third-order valence-electron chi connectivity index (χ3n) is 1.54. The van der Waals surface area contributed by atoms with Gasteiger partial charge in [0.25, 0.3) is 0 Å². The van der Waals surface area contributed by atoms with Crippen LogP contribution in [0.2, 0.25) is 0 Å². The molecular formula is C7H13Cl2. The van der Waals surface area contributed by atoms with Gasteiger partial charge >= 0.3 is 0 Å². The van der Waals surface area contributed by atoms with Gasteiger partial charge < -0.3 is 0 Å². The molecule has 0 nitrogen and oxygen atoms in total. The SMILES string of the molecule is CC[C](Cl)C(C)(Cl)CC. The van der Waals surface area contributed by atoms with Crippen LogP contribution < -0.4 is 0 Å². The van der Waals surface area contributed by atoms with E-state index < -0.39 is 0 Å². The Morgan fingerprint density at radius 1 is 1.44 bits per heavy atom. The van der Waals surface area contributed by atoms with E-state index >= 15 is 0 Å². The second-order valence-electron chi connectivity index (χ2n) is 2.31. The van der Waals surface area contributed by atoms with Gasteiger partial charge in [-0.15, -0.1) is 23.2 Å². The lowest BCUT2D eigenvalue weighted by Gasteiger charge is -2.23. The van der Waals surface area contributed by atoms with Crippen LogP contribution in [0.4, 0.5) is 0 Å². The minimum Gasteiger partial charge on any atom is -0.118 e. The van der Waals surface area contributed by atoms with E-state index in [2.05, 4.69) is 0 Å². The Morgan fingerprint density at radius 2 is 1.89 bits per heavy atom. The van der Waals surface area contributed by atoms with Gasteiger partial charge in [-0.1, -0.05) is 13.8 Å². The van der Waals surface area contributed by atoms with Gasteiger partial charge in [0.15, 0.2) is 0 Å². The van der Waals surface area contributed by atoms with Gasteiger partial charge in [0.05, 0.1) is 10.3 Å². The second kappa shape index (κ2) is 3.68. The number of rotatable bonds is 3. The van der Waals surface area contributed by atoms with Crippen LogP contribution in [0.15, 0.2) is 0 Å². The van der Waals surface area contributed by atoms with Crippen LogP contribution in [-0.4, -0.2) is 4.87 Å². The molecule has 0 aliphatic rings. The molecule has 0 bridgehead atoms. The Balaban J connectivity index is 3.80. The van der Waals surface area contributed by atoms with Crippen molar-refractivity contribution in [2.75, 3.05) is 0 Å². The van der Waals surface area contributed by atoms with Crippen LogP contribution >= 0.6 is 23.2 Å². The van der Waals surface area contributed by atoms with Crippen molar-refractivity contribution in [1.82, 2.24) is 0 Å². The van der Waals surface area contributed by atoms with Gasteiger partial charge in [-0.05, 0) is 19.8 Å². The number of halogens is 2. The number of hydrogen-bond acceptors (Lipinski definition) is 0. The van der Waals surface area contributed by atoms with Crippen molar-refractivity contribution in [3.8, 4) is 0 Å². The van der Waals surface area contributed by atoms with E-state index in [9.17, 15) is 0 Å². The summed E-state index contributed by atoms with van der Waals surface area (Å²) in [7, 11) is 0. The van der Waals surface area contributed by atoms with E-state index in [0.29, 0.717) is 0 Å². The lowest BCUT2D eigenvalue weighted by atomic mass is 10.0. The van der Waals surface area contributed by atoms with E-state index in [4.69, 9.17) is 23.2 Å². The zero-order chi connectivity index (χ0) is 7.49. The van der Waals surface area contributed by atoms with Crippen LogP contribution in [-0.2, 0) is 0 Å². The molecule has 0 fully saturated rings. The van der Waals surface area contributed by atoms with Crippen molar-refractivity contribution in [3.05, 3.63) is 5.38 Å². The summed E-state index contributed by atoms with van der Waals surface area (Å²) in [6, 6.07) is 0. The number of alkyl halides is 1. The average molecular weight is 168 g/mol. The largest absolute Gasteiger partial charge is 0.118 e. The van der Waals surface area contributed by atoms with E-state index in [1.165, 1.54) is 0 Å². The highest BCUT2D eigenvalue weighted by Gasteiger charge is 2.27. The van der Waals surface area contributed by atoms with Gasteiger partial charge in [0, 0.05) is 0 Å². The summed E-state index contributed by atoms with van der Waals surface area (Å²) >= 11 is 11.8. The summed E-state index contributed by atoms with van der Waals surface area (Å²) in [6.07, 6.45) is 1.75. The fraction of sp³-hybridized carbons (Fsp3) is 0.857. The minimum atomic E-state index is -0.295. The van der Waals surface area contributed by atoms with Gasteiger partial charge in [-0.25, -0.2) is 0 Å². The quantitative estimate of drug-likeness (QED) is 0.565. The summed E-state index contributed by atoms with van der Waals surface area (Å²) < 4.78 is 0. The summed E-state index contributed by atoms with van der Waals surface area (Å²) in [5, 5.41) is 0.853. The molecule has 0 spiro atoms. The Hall–Kier alpha value is 0.580. The Bertz CT molecular complexity index is 79.0. The zero-order valence-corrected chi connectivity index (χ0v) is 7.68. The molecule has 0 aliphatic heterocycles. The first kappa shape index (κ1) is 9.58. The maximum atomic E-state index is 6.00. The molecule has 0 aliphatic carbocycles. The van der Waals surface area contributed by atoms with Gasteiger partial charge in [0.1, 0.15) is 0 Å². The first-order valence-electron chi connectivity index (χ1n) is 3.25. The lowest BCUT2D eigenvalue weighted by Crippen LogP contribution is -2.20. The topological polar surface area (TPSA) is 0 Å². The molecule has 0 N–H and O–H groups in total. The molecule has 2 heteroatoms. The van der Waals surface area contributed by atoms with Gasteiger partial charge in [-0.2, -0.15) is 0 Å². The monoisotopic (exact) mass is 167 g/mol. The molecule has 1 atom stereocenters. The lowest BCUT2D eigenvalue weighted by molar-refractivity contribution is 0.643. The second-order valence-corrected chi connectivity index (χ2v) is 3.60. The van der Waals surface area contributed by atoms with Gasteiger partial charge in [0.2, 0.25) is 0 Å². The van der Waals surface area contributed by atoms with E-state index in [0.717, 1.165) is 18.2 Å². The van der Waals surface area contributed by atoms with Crippen LogP contribution in [0.5, 0.6) is 0 Å². The molecule has 0 aromatic carbocycles. The van der Waals surface area contributed by atoms with E-state index in [1.807, 2.05) is 20.8 Å². The highest BCUT2D eigenvalue weighted by molar-refractivity contribution is 6.37. The van der Waals surface area contributed by atoms with Crippen molar-refractivity contribution in [2.24, 2.45) is 0 Å². The summed E-state index contributed by atoms with van der Waals surface area (Å²) in [5.74, 6) is 0. The Morgan fingerprint density at radius 3 is 2.00 bits per heavy atom. The van der Waals surface area contributed by atoms with Crippen LogP contribution in [0.1, 0.15) is 33.6 Å². The summed E-state index contributed by atoms with van der Waals surface area (Å²) in [6.45, 7) is 5.99. The van der Waals surface area contributed by atoms with E-state index in [-0.39, 0.29) is 4.87 Å². The van der Waals surface area contributed by atoms with Crippen molar-refractivity contribution < 1.29 is 0 Å². The molecule has 1 unspecified atom stereocenters. The molecule has 0 saturated heterocycles. The molecule has 0 aromatic rings. The van der Waals surface area contributed by atoms with Crippen LogP contribution in [0, 0.1) is 5.38 Å². The average Bonchev–Trinajstić information content (AvgIpc) is 1.86. The third kappa shape index (κ3) is 2.77. The fourth-order valence-corrected chi connectivity index (χ4v) is 0.828. The van der Waals surface area contributed by atoms with Gasteiger partial charge in [-0.3, -0.25) is 0 Å². The highest BCUT2D eigenvalue weighted by atomic mass is 35.5. The molecule has 0 heterocycles. The first-order chi connectivity index (χ1) is 4.04. The maximum Gasteiger partial charge on any atom is 0.0840 e. The standard InChI is InChI=1S/C7H13Cl2/c1-4-6(8)7(3,9)5-2/h4-5H2,1-3H3. The molecule has 0 amide bonds. The highest BCUT2D eigenvalue weighted by Crippen LogP contribution is 2.35. The Labute approximate surface area is 67.5 Å². The zero-order valence-electron chi connectivity index (χ0n) is 6.17. The van der Waals surface area contributed by atoms with E-state index in [1.54, 1.807) is 0 Å². The molecular weight excluding hydrogens is 155 g/mol. The molecule has 0 aromatic heterocycles. The smallest absolute Gasteiger partial charge is 0.0840 e. The molecule has 1 radical (unpaired) electrons. The fourth-order valence-electron chi connectivity index (χ4n) is 0.560. The van der Waals surface area contributed by atoms with Crippen molar-refractivity contribution in [3.63, 3.8) is 0 Å². The third-order valence-corrected chi connectivity index (χ3v) is 2.82. The normalized spacial score (nSPS) is 18.0. The minimum absolute atomic E-state index is 0.295. The maximum absolute atomic E-state index is 6.00. The molecule has 9 heavy (non-hydrogen) atoms. The predicted octanol–water partition coefficient (Wildman–Crippen LogP) is 3.57. The van der Waals surface area contributed by atoms with Crippen molar-refractivity contribution in [2.45, 2.75) is 38.5 Å². The number of hydrogen-bond donors (Lipinski definition) is 0. The van der Waals surface area contributed by atoms with Crippen molar-refractivity contribution >= 4 is 23.2 Å². The molecule has 0 saturated carbocycles. The Kier molecular flexibility index (Phi) is 3.91. The summed E-state index contributed by atoms with van der Waals surface area (Å²) in [5.41, 5.74) is 0. The van der Waals surface area contributed by atoms with Crippen molar-refractivity contribution in [1.29, 1.82) is 0 Å². The van der Waals surface area contributed by atoms with Crippen LogP contribution in [0.25, 0.3) is 0 Å². The first-order valence-corrected chi connectivity index (χ1v) is 4.01. The summed E-state index contributed by atoms with van der Waals surface area (Å²) in [4.78, 5) is -0.295. The predicted molar refractivity (Wildman–Crippen MR) is 43.9 cm³/mol. The van der Waals surface area contributed by atoms with Crippen LogP contribution in [0.3, 0.4) is 0 Å². The molecule has 55 valence electrons.